The zero-order chi connectivity index (χ0) is 13.4. The number of hydrogen-bond acceptors (Lipinski definition) is 4. The lowest BCUT2D eigenvalue weighted by atomic mass is 9.99. The third kappa shape index (κ3) is 1.81. The Kier molecular flexibility index (Phi) is 2.78. The molecule has 0 fully saturated rings. The molecule has 1 heterocycles. The molecule has 0 aliphatic rings. The molecular formula is C12H11NO5. The summed E-state index contributed by atoms with van der Waals surface area (Å²) in [4.78, 5) is 33.8. The second kappa shape index (κ2) is 4.14. The summed E-state index contributed by atoms with van der Waals surface area (Å²) >= 11 is 0. The topological polar surface area (TPSA) is 89.5 Å². The van der Waals surface area contributed by atoms with Crippen LogP contribution in [0.25, 0.3) is 11.1 Å². The number of ketones is 1. The summed E-state index contributed by atoms with van der Waals surface area (Å²) in [6.45, 7) is 1.32. The molecule has 1 aromatic heterocycles. The first-order valence-electron chi connectivity index (χ1n) is 5.28. The average Bonchev–Trinajstić information content (AvgIpc) is 2.62. The molecule has 1 N–H and O–H groups in total. The molecule has 2 rings (SSSR count). The van der Waals surface area contributed by atoms with Crippen LogP contribution in [0.2, 0.25) is 0 Å². The van der Waals surface area contributed by atoms with E-state index in [-0.39, 0.29) is 11.1 Å². The van der Waals surface area contributed by atoms with E-state index in [0.29, 0.717) is 5.52 Å². The number of carboxylic acid groups (broad SMARTS) is 1. The van der Waals surface area contributed by atoms with Crippen molar-refractivity contribution in [3.63, 3.8) is 0 Å². The number of benzene rings is 1. The summed E-state index contributed by atoms with van der Waals surface area (Å²) < 4.78 is 6.25. The highest BCUT2D eigenvalue weighted by Crippen LogP contribution is 2.17. The van der Waals surface area contributed by atoms with Crippen molar-refractivity contribution in [1.29, 1.82) is 0 Å². The number of carbonyl (C=O) groups excluding carboxylic acids is 1. The summed E-state index contributed by atoms with van der Waals surface area (Å²) in [5, 5.41) is 8.78. The van der Waals surface area contributed by atoms with Crippen LogP contribution in [0, 0.1) is 5.92 Å². The molecule has 0 saturated carbocycles. The van der Waals surface area contributed by atoms with Gasteiger partial charge in [-0.3, -0.25) is 14.2 Å². The van der Waals surface area contributed by atoms with Gasteiger partial charge in [-0.2, -0.15) is 0 Å². The van der Waals surface area contributed by atoms with Crippen LogP contribution in [0.5, 0.6) is 0 Å². The third-order valence-electron chi connectivity index (χ3n) is 2.84. The maximum atomic E-state index is 11.8. The quantitative estimate of drug-likeness (QED) is 0.648. The van der Waals surface area contributed by atoms with Gasteiger partial charge in [0.1, 0.15) is 5.92 Å². The Morgan fingerprint density at radius 1 is 1.39 bits per heavy atom. The highest BCUT2D eigenvalue weighted by molar-refractivity contribution is 6.08. The minimum atomic E-state index is -1.19. The fourth-order valence-corrected chi connectivity index (χ4v) is 1.65. The standard InChI is InChI=1S/C12H11NO5/c1-6(11(15)16)10(14)7-3-4-8-9(5-7)18-12(17)13(8)2/h3-6H,1-2H3,(H,15,16). The van der Waals surface area contributed by atoms with Gasteiger partial charge < -0.3 is 9.52 Å². The Morgan fingerprint density at radius 3 is 2.67 bits per heavy atom. The highest BCUT2D eigenvalue weighted by Gasteiger charge is 2.22. The number of carbonyl (C=O) groups is 2. The fourth-order valence-electron chi connectivity index (χ4n) is 1.65. The molecule has 18 heavy (non-hydrogen) atoms. The first kappa shape index (κ1) is 12.1. The monoisotopic (exact) mass is 249 g/mol. The number of rotatable bonds is 3. The van der Waals surface area contributed by atoms with Gasteiger partial charge >= 0.3 is 11.7 Å². The summed E-state index contributed by atoms with van der Waals surface area (Å²) in [5.41, 5.74) is 1.04. The van der Waals surface area contributed by atoms with Crippen LogP contribution in [0.3, 0.4) is 0 Å². The minimum absolute atomic E-state index is 0.215. The summed E-state index contributed by atoms with van der Waals surface area (Å²) in [5.74, 6) is -3.36. The molecule has 0 aliphatic heterocycles. The van der Waals surface area contributed by atoms with Crippen molar-refractivity contribution in [2.45, 2.75) is 6.92 Å². The predicted molar refractivity (Wildman–Crippen MR) is 62.6 cm³/mol. The maximum Gasteiger partial charge on any atom is 0.419 e. The predicted octanol–water partition coefficient (Wildman–Crippen LogP) is 1.03. The molecule has 0 amide bonds. The normalized spacial score (nSPS) is 12.6. The number of carboxylic acids is 1. The van der Waals surface area contributed by atoms with Crippen LogP contribution >= 0.6 is 0 Å². The van der Waals surface area contributed by atoms with Crippen LogP contribution in [0.1, 0.15) is 17.3 Å². The Bertz CT molecular complexity index is 694. The third-order valence-corrected chi connectivity index (χ3v) is 2.84. The molecule has 1 aromatic carbocycles. The van der Waals surface area contributed by atoms with Crippen molar-refractivity contribution < 1.29 is 19.1 Å². The van der Waals surface area contributed by atoms with Crippen molar-refractivity contribution in [3.05, 3.63) is 34.3 Å². The molecule has 0 saturated heterocycles. The van der Waals surface area contributed by atoms with Gasteiger partial charge in [0, 0.05) is 12.6 Å². The Hall–Kier alpha value is -2.37. The second-order valence-corrected chi connectivity index (χ2v) is 4.03. The van der Waals surface area contributed by atoms with Crippen molar-refractivity contribution >= 4 is 22.9 Å². The van der Waals surface area contributed by atoms with E-state index in [4.69, 9.17) is 9.52 Å². The molecule has 1 atom stereocenters. The molecule has 0 radical (unpaired) electrons. The number of aromatic nitrogens is 1. The van der Waals surface area contributed by atoms with Gasteiger partial charge in [0.2, 0.25) is 0 Å². The van der Waals surface area contributed by atoms with E-state index in [1.807, 2.05) is 0 Å². The zero-order valence-electron chi connectivity index (χ0n) is 9.84. The largest absolute Gasteiger partial charge is 0.481 e. The molecule has 0 bridgehead atoms. The Morgan fingerprint density at radius 2 is 2.06 bits per heavy atom. The van der Waals surface area contributed by atoms with E-state index in [9.17, 15) is 14.4 Å². The van der Waals surface area contributed by atoms with E-state index < -0.39 is 23.4 Å². The molecule has 6 nitrogen and oxygen atoms in total. The van der Waals surface area contributed by atoms with Gasteiger partial charge in [-0.25, -0.2) is 4.79 Å². The van der Waals surface area contributed by atoms with Crippen LogP contribution < -0.4 is 5.76 Å². The Labute approximate surface area is 101 Å². The lowest BCUT2D eigenvalue weighted by Crippen LogP contribution is -2.20. The van der Waals surface area contributed by atoms with Crippen molar-refractivity contribution in [3.8, 4) is 0 Å². The van der Waals surface area contributed by atoms with Gasteiger partial charge in [-0.05, 0) is 25.1 Å². The lowest BCUT2D eigenvalue weighted by molar-refractivity contribution is -0.139. The first-order chi connectivity index (χ1) is 8.41. The van der Waals surface area contributed by atoms with Crippen LogP contribution in [-0.2, 0) is 11.8 Å². The summed E-state index contributed by atoms with van der Waals surface area (Å²) in [6.07, 6.45) is 0. The number of aryl methyl sites for hydroxylation is 1. The minimum Gasteiger partial charge on any atom is -0.481 e. The van der Waals surface area contributed by atoms with Gasteiger partial charge in [0.05, 0.1) is 5.52 Å². The number of nitrogens with zero attached hydrogens (tertiary/aromatic N) is 1. The number of oxazole rings is 1. The van der Waals surface area contributed by atoms with Crippen LogP contribution in [0.4, 0.5) is 0 Å². The van der Waals surface area contributed by atoms with E-state index in [2.05, 4.69) is 0 Å². The summed E-state index contributed by atoms with van der Waals surface area (Å²) in [7, 11) is 1.55. The number of hydrogen-bond donors (Lipinski definition) is 1. The second-order valence-electron chi connectivity index (χ2n) is 4.03. The van der Waals surface area contributed by atoms with E-state index in [1.165, 1.54) is 23.6 Å². The molecule has 0 spiro atoms. The lowest BCUT2D eigenvalue weighted by Gasteiger charge is -2.04. The molecule has 0 aliphatic carbocycles. The Balaban J connectivity index is 2.51. The van der Waals surface area contributed by atoms with E-state index >= 15 is 0 Å². The smallest absolute Gasteiger partial charge is 0.419 e. The van der Waals surface area contributed by atoms with Crippen molar-refractivity contribution in [2.24, 2.45) is 13.0 Å². The highest BCUT2D eigenvalue weighted by atomic mass is 16.4. The van der Waals surface area contributed by atoms with Crippen molar-refractivity contribution in [1.82, 2.24) is 4.57 Å². The number of aliphatic carboxylic acids is 1. The molecule has 1 unspecified atom stereocenters. The van der Waals surface area contributed by atoms with Gasteiger partial charge in [-0.1, -0.05) is 0 Å². The zero-order valence-corrected chi connectivity index (χ0v) is 9.84. The first-order valence-corrected chi connectivity index (χ1v) is 5.28. The summed E-state index contributed by atoms with van der Waals surface area (Å²) in [6, 6.07) is 4.43. The van der Waals surface area contributed by atoms with E-state index in [0.717, 1.165) is 0 Å². The number of fused-ring (bicyclic) bond motifs is 1. The number of Topliss-reactive ketones (excluding diaryl/α,β-unsaturated/α-hetero) is 1. The maximum absolute atomic E-state index is 11.8. The van der Waals surface area contributed by atoms with Gasteiger partial charge in [0.25, 0.3) is 0 Å². The molecule has 94 valence electrons. The van der Waals surface area contributed by atoms with E-state index in [1.54, 1.807) is 13.1 Å². The molecule has 6 heteroatoms. The van der Waals surface area contributed by atoms with Gasteiger partial charge in [-0.15, -0.1) is 0 Å². The SMILES string of the molecule is CC(C(=O)O)C(=O)c1ccc2c(c1)oc(=O)n2C. The fraction of sp³-hybridized carbons (Fsp3) is 0.250. The molecule has 2 aromatic rings. The van der Waals surface area contributed by atoms with Crippen LogP contribution in [-0.4, -0.2) is 21.4 Å². The molecular weight excluding hydrogens is 238 g/mol. The van der Waals surface area contributed by atoms with Crippen LogP contribution in [0.15, 0.2) is 27.4 Å². The van der Waals surface area contributed by atoms with Crippen molar-refractivity contribution in [2.75, 3.05) is 0 Å². The average molecular weight is 249 g/mol. The van der Waals surface area contributed by atoms with Gasteiger partial charge in [0.15, 0.2) is 11.4 Å².